The van der Waals surface area contributed by atoms with E-state index in [1.54, 1.807) is 0 Å². The van der Waals surface area contributed by atoms with Gasteiger partial charge in [0.25, 0.3) is 5.91 Å². The highest BCUT2D eigenvalue weighted by Gasteiger charge is 2.29. The predicted octanol–water partition coefficient (Wildman–Crippen LogP) is 2.42. The maximum atomic E-state index is 13.2. The van der Waals surface area contributed by atoms with Gasteiger partial charge in [0.2, 0.25) is 0 Å². The van der Waals surface area contributed by atoms with Crippen LogP contribution in [0.4, 0.5) is 0 Å². The van der Waals surface area contributed by atoms with Crippen LogP contribution < -0.4 is 0 Å². The van der Waals surface area contributed by atoms with Gasteiger partial charge in [-0.1, -0.05) is 24.6 Å². The summed E-state index contributed by atoms with van der Waals surface area (Å²) in [7, 11) is 2.19. The highest BCUT2D eigenvalue weighted by molar-refractivity contribution is 5.92. The van der Waals surface area contributed by atoms with Crippen molar-refractivity contribution < 1.29 is 4.79 Å². The molecule has 150 valence electrons. The fourth-order valence-electron chi connectivity index (χ4n) is 4.34. The van der Waals surface area contributed by atoms with E-state index in [1.807, 2.05) is 40.0 Å². The van der Waals surface area contributed by atoms with Crippen molar-refractivity contribution in [1.29, 1.82) is 0 Å². The van der Waals surface area contributed by atoms with Gasteiger partial charge in [-0.05, 0) is 44.5 Å². The van der Waals surface area contributed by atoms with Gasteiger partial charge in [-0.2, -0.15) is 5.10 Å². The van der Waals surface area contributed by atoms with Crippen molar-refractivity contribution >= 4 is 5.91 Å². The first kappa shape index (κ1) is 19.2. The molecule has 1 aromatic carbocycles. The molecule has 6 nitrogen and oxygen atoms in total. The largest absolute Gasteiger partial charge is 0.336 e. The van der Waals surface area contributed by atoms with Crippen LogP contribution in [-0.2, 0) is 0 Å². The van der Waals surface area contributed by atoms with E-state index >= 15 is 0 Å². The Morgan fingerprint density at radius 2 is 1.82 bits per heavy atom. The third-order valence-corrected chi connectivity index (χ3v) is 6.16. The number of likely N-dealkylation sites (N-methyl/N-ethyl adjacent to an activating group) is 1. The quantitative estimate of drug-likeness (QED) is 0.819. The predicted molar refractivity (Wildman–Crippen MR) is 111 cm³/mol. The summed E-state index contributed by atoms with van der Waals surface area (Å²) < 4.78 is 1.82. The van der Waals surface area contributed by atoms with Gasteiger partial charge in [-0.25, -0.2) is 4.68 Å². The molecule has 0 saturated carbocycles. The molecule has 2 saturated heterocycles. The molecule has 4 rings (SSSR count). The number of piperazine rings is 1. The molecule has 0 N–H and O–H groups in total. The monoisotopic (exact) mass is 381 g/mol. The van der Waals surface area contributed by atoms with Crippen LogP contribution in [0.2, 0.25) is 0 Å². The summed E-state index contributed by atoms with van der Waals surface area (Å²) in [4.78, 5) is 20.2. The summed E-state index contributed by atoms with van der Waals surface area (Å²) in [5.41, 5.74) is 2.71. The van der Waals surface area contributed by atoms with Crippen molar-refractivity contribution in [3.05, 3.63) is 47.8 Å². The molecule has 1 unspecified atom stereocenters. The minimum atomic E-state index is 0.0633. The van der Waals surface area contributed by atoms with Gasteiger partial charge in [0, 0.05) is 51.5 Å². The van der Waals surface area contributed by atoms with Crippen molar-refractivity contribution in [3.63, 3.8) is 0 Å². The highest BCUT2D eigenvalue weighted by atomic mass is 16.2. The zero-order valence-corrected chi connectivity index (χ0v) is 17.0. The van der Waals surface area contributed by atoms with Gasteiger partial charge < -0.3 is 9.80 Å². The molecule has 28 heavy (non-hydrogen) atoms. The molecule has 0 aliphatic carbocycles. The Balaban J connectivity index is 1.47. The van der Waals surface area contributed by atoms with E-state index in [2.05, 4.69) is 34.9 Å². The van der Waals surface area contributed by atoms with Gasteiger partial charge in [0.15, 0.2) is 5.69 Å². The third-order valence-electron chi connectivity index (χ3n) is 6.16. The van der Waals surface area contributed by atoms with E-state index in [-0.39, 0.29) is 5.91 Å². The molecule has 2 fully saturated rings. The molecule has 1 amide bonds. The van der Waals surface area contributed by atoms with Crippen LogP contribution in [0.3, 0.4) is 0 Å². The molecule has 0 radical (unpaired) electrons. The first-order valence-corrected chi connectivity index (χ1v) is 10.5. The van der Waals surface area contributed by atoms with Crippen LogP contribution in [0.1, 0.15) is 35.3 Å². The van der Waals surface area contributed by atoms with Crippen LogP contribution in [0.25, 0.3) is 5.69 Å². The molecule has 2 aliphatic heterocycles. The standard InChI is InChI=1S/C22H31N5O/c1-18-7-3-4-9-21(18)27-12-10-20(23-27)22(28)26-11-6-5-8-19(17-26)25-15-13-24(2)14-16-25/h3-4,7,9-10,12,19H,5-6,8,11,13-17H2,1-2H3. The molecule has 1 atom stereocenters. The number of benzene rings is 1. The zero-order valence-electron chi connectivity index (χ0n) is 17.0. The van der Waals surface area contributed by atoms with Gasteiger partial charge in [0.1, 0.15) is 0 Å². The average molecular weight is 382 g/mol. The molecule has 1 aromatic heterocycles. The minimum absolute atomic E-state index is 0.0633. The number of likely N-dealkylation sites (tertiary alicyclic amines) is 1. The summed E-state index contributed by atoms with van der Waals surface area (Å²) in [5, 5.41) is 4.60. The second kappa shape index (κ2) is 8.45. The van der Waals surface area contributed by atoms with Gasteiger partial charge in [-0.15, -0.1) is 0 Å². The van der Waals surface area contributed by atoms with Crippen LogP contribution in [0.15, 0.2) is 36.5 Å². The number of carbonyl (C=O) groups is 1. The molecule has 0 bridgehead atoms. The first-order valence-electron chi connectivity index (χ1n) is 10.5. The Morgan fingerprint density at radius 3 is 2.61 bits per heavy atom. The van der Waals surface area contributed by atoms with Crippen molar-refractivity contribution in [3.8, 4) is 5.69 Å². The number of carbonyl (C=O) groups excluding carboxylic acids is 1. The SMILES string of the molecule is Cc1ccccc1-n1ccc(C(=O)N2CCCCC(N3CCN(C)CC3)C2)n1. The summed E-state index contributed by atoms with van der Waals surface area (Å²) in [6, 6.07) is 10.4. The Hall–Kier alpha value is -2.18. The van der Waals surface area contributed by atoms with Crippen molar-refractivity contribution in [1.82, 2.24) is 24.5 Å². The topological polar surface area (TPSA) is 44.6 Å². The molecule has 2 aromatic rings. The Bertz CT molecular complexity index is 809. The number of amides is 1. The maximum absolute atomic E-state index is 13.2. The number of aryl methyl sites for hydroxylation is 1. The van der Waals surface area contributed by atoms with Gasteiger partial charge in [-0.3, -0.25) is 9.69 Å². The molecular formula is C22H31N5O. The number of nitrogens with zero attached hydrogens (tertiary/aromatic N) is 5. The lowest BCUT2D eigenvalue weighted by molar-refractivity contribution is 0.0626. The lowest BCUT2D eigenvalue weighted by Crippen LogP contribution is -2.52. The number of rotatable bonds is 3. The first-order chi connectivity index (χ1) is 13.6. The second-order valence-corrected chi connectivity index (χ2v) is 8.17. The molecule has 6 heteroatoms. The number of hydrogen-bond acceptors (Lipinski definition) is 4. The van der Waals surface area contributed by atoms with Gasteiger partial charge in [0.05, 0.1) is 5.69 Å². The summed E-state index contributed by atoms with van der Waals surface area (Å²) in [6.07, 6.45) is 5.35. The normalized spacial score (nSPS) is 22.2. The van der Waals surface area contributed by atoms with Crippen LogP contribution >= 0.6 is 0 Å². The van der Waals surface area contributed by atoms with Crippen LogP contribution in [-0.4, -0.2) is 82.7 Å². The lowest BCUT2D eigenvalue weighted by Gasteiger charge is -2.39. The van der Waals surface area contributed by atoms with Gasteiger partial charge >= 0.3 is 0 Å². The zero-order chi connectivity index (χ0) is 19.5. The summed E-state index contributed by atoms with van der Waals surface area (Å²) >= 11 is 0. The van der Waals surface area contributed by atoms with Crippen molar-refractivity contribution in [2.45, 2.75) is 32.2 Å². The van der Waals surface area contributed by atoms with Crippen LogP contribution in [0.5, 0.6) is 0 Å². The Morgan fingerprint density at radius 1 is 1.04 bits per heavy atom. The lowest BCUT2D eigenvalue weighted by atomic mass is 10.1. The number of aromatic nitrogens is 2. The third kappa shape index (κ3) is 4.13. The minimum Gasteiger partial charge on any atom is -0.336 e. The highest BCUT2D eigenvalue weighted by Crippen LogP contribution is 2.20. The average Bonchev–Trinajstić information content (AvgIpc) is 3.06. The fourth-order valence-corrected chi connectivity index (χ4v) is 4.34. The van der Waals surface area contributed by atoms with E-state index in [9.17, 15) is 4.79 Å². The molecule has 3 heterocycles. The van der Waals surface area contributed by atoms with E-state index < -0.39 is 0 Å². The number of para-hydroxylation sites is 1. The second-order valence-electron chi connectivity index (χ2n) is 8.17. The van der Waals surface area contributed by atoms with E-state index in [0.717, 1.165) is 56.9 Å². The summed E-state index contributed by atoms with van der Waals surface area (Å²) in [5.74, 6) is 0.0633. The van der Waals surface area contributed by atoms with E-state index in [4.69, 9.17) is 0 Å². The molecule has 2 aliphatic rings. The van der Waals surface area contributed by atoms with Crippen molar-refractivity contribution in [2.75, 3.05) is 46.3 Å². The van der Waals surface area contributed by atoms with E-state index in [1.165, 1.54) is 12.8 Å². The molecular weight excluding hydrogens is 350 g/mol. The summed E-state index contributed by atoms with van der Waals surface area (Å²) in [6.45, 7) is 8.15. The van der Waals surface area contributed by atoms with Crippen LogP contribution in [0, 0.1) is 6.92 Å². The Kier molecular flexibility index (Phi) is 5.78. The molecule has 0 spiro atoms. The van der Waals surface area contributed by atoms with Crippen molar-refractivity contribution in [2.24, 2.45) is 0 Å². The van der Waals surface area contributed by atoms with E-state index in [0.29, 0.717) is 11.7 Å². The smallest absolute Gasteiger partial charge is 0.274 e. The fraction of sp³-hybridized carbons (Fsp3) is 0.545. The maximum Gasteiger partial charge on any atom is 0.274 e. The number of hydrogen-bond donors (Lipinski definition) is 0. The Labute approximate surface area is 167 Å².